The number of carbonyl (C=O) groups excluding carboxylic acids is 1. The van der Waals surface area contributed by atoms with Crippen molar-refractivity contribution < 1.29 is 19.0 Å². The highest BCUT2D eigenvalue weighted by atomic mass is 16.7. The molecule has 0 radical (unpaired) electrons. The normalized spacial score (nSPS) is 26.6. The van der Waals surface area contributed by atoms with Crippen LogP contribution in [0.3, 0.4) is 0 Å². The molecule has 92 valence electrons. The summed E-state index contributed by atoms with van der Waals surface area (Å²) in [7, 11) is 1.53. The number of carbonyl (C=O) groups is 1. The Bertz CT molecular complexity index is 272. The number of rotatable bonds is 2. The number of likely N-dealkylation sites (tertiary alicyclic amines) is 1. The molecule has 16 heavy (non-hydrogen) atoms. The molecule has 0 unspecified atom stereocenters. The third-order valence-corrected chi connectivity index (χ3v) is 3.12. The number of hydrogen-bond donors (Lipinski definition) is 0. The van der Waals surface area contributed by atoms with Crippen molar-refractivity contribution >= 4 is 5.91 Å². The highest BCUT2D eigenvalue weighted by molar-refractivity contribution is 5.78. The molecule has 5 nitrogen and oxygen atoms in total. The van der Waals surface area contributed by atoms with Gasteiger partial charge in [0.2, 0.25) is 5.91 Å². The first-order chi connectivity index (χ1) is 7.46. The molecule has 1 spiro atoms. The molecule has 2 heterocycles. The zero-order chi connectivity index (χ0) is 11.8. The fraction of sp³-hybridized carbons (Fsp3) is 0.909. The maximum absolute atomic E-state index is 11.5. The standard InChI is InChI=1S/C11H19NO4/c1-10(2)15-7-11(8-16-10)5-12(6-11)9(13)4-14-3/h4-8H2,1-3H3. The molecule has 0 aromatic heterocycles. The highest BCUT2D eigenvalue weighted by Gasteiger charge is 2.49. The van der Waals surface area contributed by atoms with E-state index in [1.54, 1.807) is 4.90 Å². The van der Waals surface area contributed by atoms with Crippen LogP contribution in [-0.2, 0) is 19.0 Å². The van der Waals surface area contributed by atoms with Gasteiger partial charge in [0.1, 0.15) is 6.61 Å². The van der Waals surface area contributed by atoms with Gasteiger partial charge in [0.15, 0.2) is 5.79 Å². The summed E-state index contributed by atoms with van der Waals surface area (Å²) in [4.78, 5) is 13.3. The number of methoxy groups -OCH3 is 1. The van der Waals surface area contributed by atoms with Crippen molar-refractivity contribution in [1.29, 1.82) is 0 Å². The quantitative estimate of drug-likeness (QED) is 0.681. The summed E-state index contributed by atoms with van der Waals surface area (Å²) in [6.45, 7) is 6.73. The molecular formula is C11H19NO4. The summed E-state index contributed by atoms with van der Waals surface area (Å²) in [6, 6.07) is 0. The van der Waals surface area contributed by atoms with Crippen molar-refractivity contribution in [3.63, 3.8) is 0 Å². The third-order valence-electron chi connectivity index (χ3n) is 3.12. The van der Waals surface area contributed by atoms with Crippen LogP contribution in [0, 0.1) is 5.41 Å². The van der Waals surface area contributed by atoms with Gasteiger partial charge in [-0.1, -0.05) is 0 Å². The van der Waals surface area contributed by atoms with Crippen LogP contribution in [0.2, 0.25) is 0 Å². The van der Waals surface area contributed by atoms with Crippen LogP contribution in [0.15, 0.2) is 0 Å². The molecule has 0 atom stereocenters. The van der Waals surface area contributed by atoms with Crippen molar-refractivity contribution in [1.82, 2.24) is 4.90 Å². The molecular weight excluding hydrogens is 210 g/mol. The second-order valence-electron chi connectivity index (χ2n) is 5.16. The van der Waals surface area contributed by atoms with E-state index in [4.69, 9.17) is 14.2 Å². The minimum Gasteiger partial charge on any atom is -0.375 e. The zero-order valence-electron chi connectivity index (χ0n) is 10.1. The first-order valence-corrected chi connectivity index (χ1v) is 5.51. The van der Waals surface area contributed by atoms with Crippen LogP contribution in [0.25, 0.3) is 0 Å². The first-order valence-electron chi connectivity index (χ1n) is 5.51. The van der Waals surface area contributed by atoms with Gasteiger partial charge in [-0.2, -0.15) is 0 Å². The molecule has 0 N–H and O–H groups in total. The lowest BCUT2D eigenvalue weighted by Gasteiger charge is -2.53. The van der Waals surface area contributed by atoms with E-state index in [0.29, 0.717) is 26.3 Å². The molecule has 2 aliphatic heterocycles. The van der Waals surface area contributed by atoms with E-state index >= 15 is 0 Å². The van der Waals surface area contributed by atoms with Gasteiger partial charge in [-0.3, -0.25) is 4.79 Å². The van der Waals surface area contributed by atoms with Crippen molar-refractivity contribution in [3.8, 4) is 0 Å². The number of amides is 1. The lowest BCUT2D eigenvalue weighted by atomic mass is 9.80. The van der Waals surface area contributed by atoms with Crippen LogP contribution >= 0.6 is 0 Å². The minimum absolute atomic E-state index is 0.0128. The predicted octanol–water partition coefficient (Wildman–Crippen LogP) is 0.244. The molecule has 2 aliphatic rings. The Morgan fingerprint density at radius 1 is 1.31 bits per heavy atom. The summed E-state index contributed by atoms with van der Waals surface area (Å²) in [5.74, 6) is -0.444. The Labute approximate surface area is 95.6 Å². The zero-order valence-corrected chi connectivity index (χ0v) is 10.1. The van der Waals surface area contributed by atoms with Gasteiger partial charge in [-0.05, 0) is 13.8 Å². The molecule has 2 saturated heterocycles. The fourth-order valence-electron chi connectivity index (χ4n) is 2.07. The predicted molar refractivity (Wildman–Crippen MR) is 56.9 cm³/mol. The molecule has 1 amide bonds. The van der Waals surface area contributed by atoms with E-state index in [2.05, 4.69) is 0 Å². The smallest absolute Gasteiger partial charge is 0.248 e. The van der Waals surface area contributed by atoms with Gasteiger partial charge in [-0.25, -0.2) is 0 Å². The van der Waals surface area contributed by atoms with E-state index in [-0.39, 0.29) is 17.9 Å². The molecule has 0 aromatic carbocycles. The van der Waals surface area contributed by atoms with E-state index in [0.717, 1.165) is 0 Å². The highest BCUT2D eigenvalue weighted by Crippen LogP contribution is 2.37. The van der Waals surface area contributed by atoms with E-state index in [1.807, 2.05) is 13.8 Å². The van der Waals surface area contributed by atoms with Crippen molar-refractivity contribution in [2.24, 2.45) is 5.41 Å². The SMILES string of the molecule is COCC(=O)N1CC2(COC(C)(C)OC2)C1. The van der Waals surface area contributed by atoms with E-state index in [9.17, 15) is 4.79 Å². The Morgan fingerprint density at radius 3 is 2.38 bits per heavy atom. The molecule has 0 aliphatic carbocycles. The number of ether oxygens (including phenoxy) is 3. The summed E-state index contributed by atoms with van der Waals surface area (Å²) in [5.41, 5.74) is 0.0128. The fourth-order valence-corrected chi connectivity index (χ4v) is 2.07. The van der Waals surface area contributed by atoms with Crippen LogP contribution in [0.1, 0.15) is 13.8 Å². The lowest BCUT2D eigenvalue weighted by Crippen LogP contribution is -2.66. The Hall–Kier alpha value is -0.650. The van der Waals surface area contributed by atoms with Crippen LogP contribution in [-0.4, -0.2) is 56.6 Å². The second kappa shape index (κ2) is 3.98. The molecule has 0 bridgehead atoms. The maximum Gasteiger partial charge on any atom is 0.248 e. The summed E-state index contributed by atoms with van der Waals surface area (Å²) in [5, 5.41) is 0. The summed E-state index contributed by atoms with van der Waals surface area (Å²) >= 11 is 0. The summed E-state index contributed by atoms with van der Waals surface area (Å²) in [6.07, 6.45) is 0. The van der Waals surface area contributed by atoms with Crippen LogP contribution in [0.5, 0.6) is 0 Å². The molecule has 2 rings (SSSR count). The third kappa shape index (κ3) is 2.21. The first kappa shape index (κ1) is 11.8. The molecule has 5 heteroatoms. The van der Waals surface area contributed by atoms with Gasteiger partial charge in [-0.15, -0.1) is 0 Å². The topological polar surface area (TPSA) is 48.0 Å². The van der Waals surface area contributed by atoms with Crippen LogP contribution in [0.4, 0.5) is 0 Å². The van der Waals surface area contributed by atoms with Gasteiger partial charge < -0.3 is 19.1 Å². The molecule has 0 saturated carbocycles. The average Bonchev–Trinajstić information content (AvgIpc) is 2.15. The largest absolute Gasteiger partial charge is 0.375 e. The van der Waals surface area contributed by atoms with E-state index < -0.39 is 5.79 Å². The van der Waals surface area contributed by atoms with Gasteiger partial charge in [0.05, 0.1) is 18.6 Å². The Morgan fingerprint density at radius 2 is 1.88 bits per heavy atom. The van der Waals surface area contributed by atoms with Crippen molar-refractivity contribution in [2.75, 3.05) is 40.0 Å². The molecule has 0 aromatic rings. The summed E-state index contributed by atoms with van der Waals surface area (Å²) < 4.78 is 16.1. The van der Waals surface area contributed by atoms with Gasteiger partial charge in [0.25, 0.3) is 0 Å². The van der Waals surface area contributed by atoms with Crippen molar-refractivity contribution in [3.05, 3.63) is 0 Å². The van der Waals surface area contributed by atoms with Gasteiger partial charge in [0, 0.05) is 20.2 Å². The van der Waals surface area contributed by atoms with Crippen molar-refractivity contribution in [2.45, 2.75) is 19.6 Å². The van der Waals surface area contributed by atoms with Crippen LogP contribution < -0.4 is 0 Å². The average molecular weight is 229 g/mol. The Balaban J connectivity index is 1.81. The maximum atomic E-state index is 11.5. The monoisotopic (exact) mass is 229 g/mol. The second-order valence-corrected chi connectivity index (χ2v) is 5.16. The number of nitrogens with zero attached hydrogens (tertiary/aromatic N) is 1. The minimum atomic E-state index is -0.484. The molecule has 2 fully saturated rings. The lowest BCUT2D eigenvalue weighted by molar-refractivity contribution is -0.303. The van der Waals surface area contributed by atoms with Gasteiger partial charge >= 0.3 is 0 Å². The Kier molecular flexibility index (Phi) is 2.94. The number of hydrogen-bond acceptors (Lipinski definition) is 4. The van der Waals surface area contributed by atoms with E-state index in [1.165, 1.54) is 7.11 Å².